The van der Waals surface area contributed by atoms with Gasteiger partial charge in [-0.15, -0.1) is 0 Å². The van der Waals surface area contributed by atoms with Gasteiger partial charge < -0.3 is 10.7 Å². The summed E-state index contributed by atoms with van der Waals surface area (Å²) in [5.41, 5.74) is 7.19. The molecule has 76 valence electrons. The van der Waals surface area contributed by atoms with Gasteiger partial charge in [-0.1, -0.05) is 18.9 Å². The molecule has 14 heavy (non-hydrogen) atoms. The standard InChI is InChI=1S/C11H16N2O/c12-10-4-2-1-3-9(10)8-5-6-11(14)13-7-8/h5-7,9-10H,1-4,12H2,(H,13,14). The SMILES string of the molecule is NC1CCCCC1c1ccc(=O)[nH]c1. The number of rotatable bonds is 1. The van der Waals surface area contributed by atoms with Crippen LogP contribution < -0.4 is 11.3 Å². The minimum Gasteiger partial charge on any atom is -0.329 e. The van der Waals surface area contributed by atoms with Gasteiger partial charge in [-0.05, 0) is 18.4 Å². The van der Waals surface area contributed by atoms with Gasteiger partial charge in [0.2, 0.25) is 5.56 Å². The smallest absolute Gasteiger partial charge is 0.247 e. The Kier molecular flexibility index (Phi) is 2.68. The molecule has 1 aliphatic carbocycles. The molecule has 1 aromatic heterocycles. The van der Waals surface area contributed by atoms with Crippen molar-refractivity contribution < 1.29 is 0 Å². The van der Waals surface area contributed by atoms with Crippen molar-refractivity contribution in [1.29, 1.82) is 0 Å². The number of H-pyrrole nitrogens is 1. The molecule has 3 nitrogen and oxygen atoms in total. The van der Waals surface area contributed by atoms with Crippen molar-refractivity contribution in [2.45, 2.75) is 37.6 Å². The Morgan fingerprint density at radius 2 is 2.07 bits per heavy atom. The van der Waals surface area contributed by atoms with E-state index in [9.17, 15) is 4.79 Å². The molecule has 2 unspecified atom stereocenters. The van der Waals surface area contributed by atoms with E-state index in [4.69, 9.17) is 5.73 Å². The van der Waals surface area contributed by atoms with Crippen LogP contribution in [0, 0.1) is 0 Å². The van der Waals surface area contributed by atoms with Crippen molar-refractivity contribution in [3.05, 3.63) is 34.2 Å². The maximum atomic E-state index is 10.9. The molecule has 1 heterocycles. The van der Waals surface area contributed by atoms with E-state index in [-0.39, 0.29) is 11.6 Å². The molecule has 0 aromatic carbocycles. The number of aromatic amines is 1. The van der Waals surface area contributed by atoms with E-state index in [0.717, 1.165) is 12.8 Å². The minimum absolute atomic E-state index is 0.0434. The van der Waals surface area contributed by atoms with Gasteiger partial charge in [0.05, 0.1) is 0 Å². The zero-order valence-electron chi connectivity index (χ0n) is 8.20. The largest absolute Gasteiger partial charge is 0.329 e. The van der Waals surface area contributed by atoms with E-state index < -0.39 is 0 Å². The molecule has 0 amide bonds. The maximum Gasteiger partial charge on any atom is 0.247 e. The van der Waals surface area contributed by atoms with E-state index >= 15 is 0 Å². The third kappa shape index (κ3) is 1.87. The Morgan fingerprint density at radius 1 is 1.29 bits per heavy atom. The van der Waals surface area contributed by atoms with Gasteiger partial charge >= 0.3 is 0 Å². The summed E-state index contributed by atoms with van der Waals surface area (Å²) in [6.07, 6.45) is 6.54. The molecule has 1 aromatic rings. The van der Waals surface area contributed by atoms with Crippen LogP contribution >= 0.6 is 0 Å². The molecule has 0 aliphatic heterocycles. The van der Waals surface area contributed by atoms with Crippen LogP contribution in [0.15, 0.2) is 23.1 Å². The van der Waals surface area contributed by atoms with Crippen LogP contribution in [0.4, 0.5) is 0 Å². The summed E-state index contributed by atoms with van der Waals surface area (Å²) in [5, 5.41) is 0. The Labute approximate surface area is 83.3 Å². The number of pyridine rings is 1. The molecule has 0 saturated heterocycles. The molecule has 2 atom stereocenters. The molecular formula is C11H16N2O. The molecule has 3 N–H and O–H groups in total. The highest BCUT2D eigenvalue weighted by Crippen LogP contribution is 2.30. The maximum absolute atomic E-state index is 10.9. The van der Waals surface area contributed by atoms with E-state index in [1.165, 1.54) is 18.4 Å². The van der Waals surface area contributed by atoms with Crippen LogP contribution in [-0.4, -0.2) is 11.0 Å². The number of hydrogen-bond donors (Lipinski definition) is 2. The Bertz CT molecular complexity index is 338. The van der Waals surface area contributed by atoms with E-state index in [1.54, 1.807) is 12.3 Å². The molecule has 2 rings (SSSR count). The van der Waals surface area contributed by atoms with Gasteiger partial charge in [0.25, 0.3) is 0 Å². The topological polar surface area (TPSA) is 58.9 Å². The number of hydrogen-bond acceptors (Lipinski definition) is 2. The van der Waals surface area contributed by atoms with Gasteiger partial charge in [0.1, 0.15) is 0 Å². The molecule has 1 fully saturated rings. The van der Waals surface area contributed by atoms with Crippen LogP contribution in [0.2, 0.25) is 0 Å². The normalized spacial score (nSPS) is 27.5. The summed E-state index contributed by atoms with van der Waals surface area (Å²) in [5.74, 6) is 0.431. The summed E-state index contributed by atoms with van der Waals surface area (Å²) in [7, 11) is 0. The van der Waals surface area contributed by atoms with Gasteiger partial charge in [0, 0.05) is 24.2 Å². The highest BCUT2D eigenvalue weighted by Gasteiger charge is 2.23. The predicted molar refractivity (Wildman–Crippen MR) is 56.2 cm³/mol. The first-order valence-corrected chi connectivity index (χ1v) is 5.21. The lowest BCUT2D eigenvalue weighted by Crippen LogP contribution is -2.31. The van der Waals surface area contributed by atoms with Crippen molar-refractivity contribution in [3.63, 3.8) is 0 Å². The van der Waals surface area contributed by atoms with Crippen LogP contribution in [-0.2, 0) is 0 Å². The molecule has 1 aliphatic rings. The van der Waals surface area contributed by atoms with E-state index in [2.05, 4.69) is 4.98 Å². The third-order valence-corrected chi connectivity index (χ3v) is 3.06. The first-order chi connectivity index (χ1) is 6.77. The quantitative estimate of drug-likeness (QED) is 0.705. The molecule has 0 spiro atoms. The summed E-state index contributed by atoms with van der Waals surface area (Å²) in [6.45, 7) is 0. The number of aromatic nitrogens is 1. The van der Waals surface area contributed by atoms with Crippen molar-refractivity contribution in [2.75, 3.05) is 0 Å². The number of nitrogens with two attached hydrogens (primary N) is 1. The fourth-order valence-electron chi connectivity index (χ4n) is 2.23. The lowest BCUT2D eigenvalue weighted by atomic mass is 9.81. The average molecular weight is 192 g/mol. The van der Waals surface area contributed by atoms with Gasteiger partial charge in [-0.25, -0.2) is 0 Å². The lowest BCUT2D eigenvalue weighted by Gasteiger charge is -2.28. The van der Waals surface area contributed by atoms with Crippen molar-refractivity contribution in [2.24, 2.45) is 5.73 Å². The molecule has 0 radical (unpaired) electrons. The molecule has 1 saturated carbocycles. The zero-order chi connectivity index (χ0) is 9.97. The summed E-state index contributed by atoms with van der Waals surface area (Å²) < 4.78 is 0. The average Bonchev–Trinajstić information content (AvgIpc) is 2.20. The first-order valence-electron chi connectivity index (χ1n) is 5.21. The Balaban J connectivity index is 2.20. The molecule has 0 bridgehead atoms. The van der Waals surface area contributed by atoms with Crippen LogP contribution in [0.1, 0.15) is 37.2 Å². The fraction of sp³-hybridized carbons (Fsp3) is 0.545. The van der Waals surface area contributed by atoms with E-state index in [0.29, 0.717) is 5.92 Å². The minimum atomic E-state index is -0.0434. The first kappa shape index (κ1) is 9.46. The Morgan fingerprint density at radius 3 is 2.71 bits per heavy atom. The zero-order valence-corrected chi connectivity index (χ0v) is 8.20. The van der Waals surface area contributed by atoms with Gasteiger partial charge in [0.15, 0.2) is 0 Å². The molecule has 3 heteroatoms. The van der Waals surface area contributed by atoms with Gasteiger partial charge in [-0.3, -0.25) is 4.79 Å². The summed E-state index contributed by atoms with van der Waals surface area (Å²) in [4.78, 5) is 13.6. The second-order valence-electron chi connectivity index (χ2n) is 4.04. The highest BCUT2D eigenvalue weighted by atomic mass is 16.1. The van der Waals surface area contributed by atoms with E-state index in [1.807, 2.05) is 6.07 Å². The third-order valence-electron chi connectivity index (χ3n) is 3.06. The second-order valence-corrected chi connectivity index (χ2v) is 4.04. The van der Waals surface area contributed by atoms with Crippen molar-refractivity contribution in [3.8, 4) is 0 Å². The monoisotopic (exact) mass is 192 g/mol. The second kappa shape index (κ2) is 3.96. The lowest BCUT2D eigenvalue weighted by molar-refractivity contribution is 0.385. The fourth-order valence-corrected chi connectivity index (χ4v) is 2.23. The Hall–Kier alpha value is -1.09. The van der Waals surface area contributed by atoms with Crippen LogP contribution in [0.25, 0.3) is 0 Å². The van der Waals surface area contributed by atoms with Crippen molar-refractivity contribution >= 4 is 0 Å². The molecular weight excluding hydrogens is 176 g/mol. The highest BCUT2D eigenvalue weighted by molar-refractivity contribution is 5.17. The predicted octanol–water partition coefficient (Wildman–Crippen LogP) is 1.36. The van der Waals surface area contributed by atoms with Gasteiger partial charge in [-0.2, -0.15) is 0 Å². The summed E-state index contributed by atoms with van der Waals surface area (Å²) in [6, 6.07) is 3.74. The summed E-state index contributed by atoms with van der Waals surface area (Å²) >= 11 is 0. The van der Waals surface area contributed by atoms with Crippen molar-refractivity contribution in [1.82, 2.24) is 4.98 Å². The van der Waals surface area contributed by atoms with Crippen LogP contribution in [0.3, 0.4) is 0 Å². The number of nitrogens with one attached hydrogen (secondary N) is 1. The van der Waals surface area contributed by atoms with Crippen LogP contribution in [0.5, 0.6) is 0 Å².